The summed E-state index contributed by atoms with van der Waals surface area (Å²) >= 11 is 0. The molecule has 0 radical (unpaired) electrons. The first-order valence-corrected chi connectivity index (χ1v) is 8.46. The van der Waals surface area contributed by atoms with Gasteiger partial charge in [0, 0.05) is 31.1 Å². The maximum absolute atomic E-state index is 12.8. The molecular weight excluding hydrogens is 373 g/mol. The molecule has 1 heterocycles. The second-order valence-electron chi connectivity index (χ2n) is 7.08. The minimum absolute atomic E-state index is 0.0595. The van der Waals surface area contributed by atoms with E-state index >= 15 is 0 Å². The molecule has 0 aliphatic rings. The summed E-state index contributed by atoms with van der Waals surface area (Å²) in [6, 6.07) is 2.25. The molecule has 28 heavy (non-hydrogen) atoms. The number of nitrogens with one attached hydrogen (secondary N) is 3. The molecule has 1 aromatic heterocycles. The summed E-state index contributed by atoms with van der Waals surface area (Å²) in [5.74, 6) is 0. The predicted molar refractivity (Wildman–Crippen MR) is 102 cm³/mol. The molecule has 3 N–H and O–H groups in total. The summed E-state index contributed by atoms with van der Waals surface area (Å²) in [6.07, 6.45) is -2.60. The highest BCUT2D eigenvalue weighted by molar-refractivity contribution is 5.78. The van der Waals surface area contributed by atoms with E-state index in [1.165, 1.54) is 12.3 Å². The van der Waals surface area contributed by atoms with Crippen molar-refractivity contribution in [2.75, 3.05) is 6.54 Å². The number of rotatable bonds is 7. The second kappa shape index (κ2) is 9.38. The summed E-state index contributed by atoms with van der Waals surface area (Å²) in [5, 5.41) is 12.8. The van der Waals surface area contributed by atoms with Crippen molar-refractivity contribution in [1.82, 2.24) is 15.6 Å². The Morgan fingerprint density at radius 3 is 2.46 bits per heavy atom. The lowest BCUT2D eigenvalue weighted by Gasteiger charge is -2.19. The number of aromatic nitrogens is 1. The number of hydrogen-bond acceptors (Lipinski definition) is 5. The lowest BCUT2D eigenvalue weighted by Crippen LogP contribution is -2.33. The lowest BCUT2D eigenvalue weighted by atomic mass is 10.1. The maximum atomic E-state index is 12.8. The van der Waals surface area contributed by atoms with Crippen LogP contribution in [0.1, 0.15) is 44.6 Å². The topological polar surface area (TPSA) is 87.1 Å². The van der Waals surface area contributed by atoms with Crippen LogP contribution in [-0.4, -0.2) is 29.4 Å². The van der Waals surface area contributed by atoms with Gasteiger partial charge in [-0.2, -0.15) is 13.2 Å². The molecule has 0 saturated carbocycles. The summed E-state index contributed by atoms with van der Waals surface area (Å²) in [4.78, 5) is 15.3. The number of nitrogens with zero attached hydrogens (tertiary/aromatic N) is 1. The van der Waals surface area contributed by atoms with Gasteiger partial charge < -0.3 is 20.8 Å². The SMILES string of the molecule is C=C(C)c1nc(C(F)(F)F)ccc1CN/C=C(\C=N)CNC(=O)OC(C)(C)C. The lowest BCUT2D eigenvalue weighted by molar-refractivity contribution is -0.141. The van der Waals surface area contributed by atoms with E-state index < -0.39 is 23.6 Å². The van der Waals surface area contributed by atoms with Crippen LogP contribution in [0.5, 0.6) is 0 Å². The number of amides is 1. The molecule has 0 aromatic carbocycles. The first-order chi connectivity index (χ1) is 12.8. The second-order valence-corrected chi connectivity index (χ2v) is 7.08. The van der Waals surface area contributed by atoms with Crippen LogP contribution >= 0.6 is 0 Å². The van der Waals surface area contributed by atoms with Crippen molar-refractivity contribution in [3.63, 3.8) is 0 Å². The third-order valence-electron chi connectivity index (χ3n) is 3.27. The minimum atomic E-state index is -4.53. The number of carbonyl (C=O) groups is 1. The van der Waals surface area contributed by atoms with Crippen molar-refractivity contribution >= 4 is 17.9 Å². The van der Waals surface area contributed by atoms with Crippen LogP contribution in [0, 0.1) is 5.41 Å². The Balaban J connectivity index is 2.77. The number of ether oxygens (including phenoxy) is 1. The average Bonchev–Trinajstić information content (AvgIpc) is 2.55. The van der Waals surface area contributed by atoms with Gasteiger partial charge >= 0.3 is 12.3 Å². The molecule has 0 bridgehead atoms. The van der Waals surface area contributed by atoms with E-state index in [0.29, 0.717) is 16.7 Å². The third-order valence-corrected chi connectivity index (χ3v) is 3.27. The van der Waals surface area contributed by atoms with E-state index in [4.69, 9.17) is 10.1 Å². The number of alkyl carbamates (subject to hydrolysis) is 1. The third kappa shape index (κ3) is 7.81. The van der Waals surface area contributed by atoms with E-state index in [-0.39, 0.29) is 18.8 Å². The van der Waals surface area contributed by atoms with Gasteiger partial charge in [0.2, 0.25) is 0 Å². The highest BCUT2D eigenvalue weighted by Crippen LogP contribution is 2.29. The van der Waals surface area contributed by atoms with E-state index in [1.54, 1.807) is 27.7 Å². The highest BCUT2D eigenvalue weighted by Gasteiger charge is 2.33. The Labute approximate surface area is 162 Å². The largest absolute Gasteiger partial charge is 0.444 e. The van der Waals surface area contributed by atoms with Crippen LogP contribution in [-0.2, 0) is 17.5 Å². The number of pyridine rings is 1. The zero-order valence-electron chi connectivity index (χ0n) is 16.3. The summed E-state index contributed by atoms with van der Waals surface area (Å²) in [7, 11) is 0. The van der Waals surface area contributed by atoms with Crippen LogP contribution in [0.25, 0.3) is 5.57 Å². The minimum Gasteiger partial charge on any atom is -0.444 e. The summed E-state index contributed by atoms with van der Waals surface area (Å²) in [5.41, 5.74) is -0.0640. The highest BCUT2D eigenvalue weighted by atomic mass is 19.4. The first-order valence-electron chi connectivity index (χ1n) is 8.46. The Bertz CT molecular complexity index is 765. The maximum Gasteiger partial charge on any atom is 0.433 e. The van der Waals surface area contributed by atoms with Crippen molar-refractivity contribution in [3.05, 3.63) is 47.4 Å². The van der Waals surface area contributed by atoms with E-state index in [2.05, 4.69) is 22.2 Å². The van der Waals surface area contributed by atoms with Gasteiger partial charge in [-0.1, -0.05) is 12.6 Å². The molecule has 0 fully saturated rings. The molecule has 0 saturated heterocycles. The fourth-order valence-corrected chi connectivity index (χ4v) is 2.08. The first kappa shape index (κ1) is 23.2. The van der Waals surface area contributed by atoms with Crippen molar-refractivity contribution in [2.24, 2.45) is 0 Å². The Morgan fingerprint density at radius 1 is 1.32 bits per heavy atom. The van der Waals surface area contributed by atoms with Crippen molar-refractivity contribution in [2.45, 2.75) is 46.0 Å². The molecule has 1 aromatic rings. The van der Waals surface area contributed by atoms with Gasteiger partial charge in [0.1, 0.15) is 11.3 Å². The summed E-state index contributed by atoms with van der Waals surface area (Å²) in [6.45, 7) is 10.7. The molecular formula is C19H25F3N4O2. The number of halogens is 3. The van der Waals surface area contributed by atoms with Gasteiger partial charge in [-0.05, 0) is 44.9 Å². The van der Waals surface area contributed by atoms with Gasteiger partial charge in [-0.3, -0.25) is 0 Å². The fraction of sp³-hybridized carbons (Fsp3) is 0.421. The number of alkyl halides is 3. The molecule has 0 atom stereocenters. The normalized spacial score (nSPS) is 12.3. The van der Waals surface area contributed by atoms with Crippen molar-refractivity contribution in [3.8, 4) is 0 Å². The predicted octanol–water partition coefficient (Wildman–Crippen LogP) is 4.28. The summed E-state index contributed by atoms with van der Waals surface area (Å²) < 4.78 is 43.6. The number of hydrogen-bond donors (Lipinski definition) is 3. The molecule has 1 rings (SSSR count). The van der Waals surface area contributed by atoms with Gasteiger partial charge in [0.05, 0.1) is 5.69 Å². The smallest absolute Gasteiger partial charge is 0.433 e. The fourth-order valence-electron chi connectivity index (χ4n) is 2.08. The molecule has 0 aliphatic carbocycles. The standard InChI is InChI=1S/C19H25F3N4O2/c1-12(2)16-14(6-7-15(26-16)19(20,21)22)11-24-9-13(8-23)10-25-17(27)28-18(3,4)5/h6-9,23-24H,1,10-11H2,2-5H3,(H,25,27)/b13-9+,23-8?. The quantitative estimate of drug-likeness (QED) is 0.598. The Hall–Kier alpha value is -2.84. The zero-order valence-corrected chi connectivity index (χ0v) is 16.3. The van der Waals surface area contributed by atoms with Crippen LogP contribution < -0.4 is 10.6 Å². The van der Waals surface area contributed by atoms with Gasteiger partial charge in [0.15, 0.2) is 0 Å². The van der Waals surface area contributed by atoms with Crippen LogP contribution in [0.4, 0.5) is 18.0 Å². The monoisotopic (exact) mass is 398 g/mol. The van der Waals surface area contributed by atoms with Crippen LogP contribution in [0.2, 0.25) is 0 Å². The molecule has 6 nitrogen and oxygen atoms in total. The molecule has 0 spiro atoms. The van der Waals surface area contributed by atoms with Crippen molar-refractivity contribution in [1.29, 1.82) is 5.41 Å². The molecule has 1 amide bonds. The Kier molecular flexibility index (Phi) is 7.78. The zero-order chi connectivity index (χ0) is 21.5. The molecule has 9 heteroatoms. The molecule has 154 valence electrons. The van der Waals surface area contributed by atoms with Gasteiger partial charge in [-0.15, -0.1) is 0 Å². The van der Waals surface area contributed by atoms with Gasteiger partial charge in [0.25, 0.3) is 0 Å². The van der Waals surface area contributed by atoms with Crippen molar-refractivity contribution < 1.29 is 22.7 Å². The van der Waals surface area contributed by atoms with E-state index in [0.717, 1.165) is 12.3 Å². The number of allylic oxidation sites excluding steroid dienone is 1. The average molecular weight is 398 g/mol. The number of carbonyl (C=O) groups excluding carboxylic acids is 1. The van der Waals surface area contributed by atoms with Crippen LogP contribution in [0.15, 0.2) is 30.5 Å². The van der Waals surface area contributed by atoms with E-state index in [1.807, 2.05) is 0 Å². The van der Waals surface area contributed by atoms with Crippen LogP contribution in [0.3, 0.4) is 0 Å². The van der Waals surface area contributed by atoms with E-state index in [9.17, 15) is 18.0 Å². The molecule has 0 aliphatic heterocycles. The molecule has 0 unspecified atom stereocenters. The van der Waals surface area contributed by atoms with Gasteiger partial charge in [-0.25, -0.2) is 9.78 Å². The Morgan fingerprint density at radius 2 is 1.96 bits per heavy atom.